The number of halogens is 4. The van der Waals surface area contributed by atoms with Crippen LogP contribution in [0.15, 0.2) is 36.4 Å². The van der Waals surface area contributed by atoms with Gasteiger partial charge >= 0.3 is 0 Å². The van der Waals surface area contributed by atoms with E-state index in [1.165, 1.54) is 37.5 Å². The average Bonchev–Trinajstić information content (AvgIpc) is 2.48. The lowest BCUT2D eigenvalue weighted by Gasteiger charge is -2.08. The van der Waals surface area contributed by atoms with Gasteiger partial charge in [-0.25, -0.2) is 4.39 Å². The maximum absolute atomic E-state index is 13.1. The highest BCUT2D eigenvalue weighted by Gasteiger charge is 2.08. The van der Waals surface area contributed by atoms with Crippen molar-refractivity contribution in [3.8, 4) is 5.75 Å². The minimum Gasteiger partial charge on any atom is -0.495 e. The van der Waals surface area contributed by atoms with Crippen molar-refractivity contribution in [1.82, 2.24) is 0 Å². The van der Waals surface area contributed by atoms with Gasteiger partial charge in [0, 0.05) is 22.3 Å². The van der Waals surface area contributed by atoms with Gasteiger partial charge in [-0.15, -0.1) is 0 Å². The van der Waals surface area contributed by atoms with Crippen molar-refractivity contribution in [3.63, 3.8) is 0 Å². The second-order valence-corrected chi connectivity index (χ2v) is 5.71. The molecule has 0 radical (unpaired) electrons. The van der Waals surface area contributed by atoms with E-state index in [1.54, 1.807) is 12.1 Å². The Kier molecular flexibility index (Phi) is 5.88. The smallest absolute Gasteiger partial charge is 0.248 e. The highest BCUT2D eigenvalue weighted by molar-refractivity contribution is 6.36. The lowest BCUT2D eigenvalue weighted by Crippen LogP contribution is -2.07. The fourth-order valence-electron chi connectivity index (χ4n) is 1.84. The number of hydrogen-bond donors (Lipinski definition) is 1. The molecule has 0 spiro atoms. The Hall–Kier alpha value is -1.75. The molecule has 0 aromatic heterocycles. The third-order valence-corrected chi connectivity index (χ3v) is 3.63. The van der Waals surface area contributed by atoms with Gasteiger partial charge in [-0.2, -0.15) is 0 Å². The van der Waals surface area contributed by atoms with E-state index in [9.17, 15) is 9.18 Å². The molecule has 2 aromatic rings. The lowest BCUT2D eigenvalue weighted by atomic mass is 10.2. The molecule has 7 heteroatoms. The summed E-state index contributed by atoms with van der Waals surface area (Å²) in [6.45, 7) is 0. The first-order chi connectivity index (χ1) is 10.9. The molecule has 0 fully saturated rings. The van der Waals surface area contributed by atoms with Gasteiger partial charge in [0.2, 0.25) is 5.91 Å². The van der Waals surface area contributed by atoms with E-state index in [4.69, 9.17) is 39.5 Å². The van der Waals surface area contributed by atoms with E-state index in [1.807, 2.05) is 0 Å². The summed E-state index contributed by atoms with van der Waals surface area (Å²) in [7, 11) is 1.47. The first-order valence-electron chi connectivity index (χ1n) is 6.38. The van der Waals surface area contributed by atoms with Crippen LogP contribution in [-0.2, 0) is 4.79 Å². The summed E-state index contributed by atoms with van der Waals surface area (Å²) in [4.78, 5) is 11.9. The number of carbonyl (C=O) groups excluding carboxylic acids is 1. The zero-order valence-corrected chi connectivity index (χ0v) is 14.1. The van der Waals surface area contributed by atoms with Gasteiger partial charge in [-0.3, -0.25) is 4.79 Å². The summed E-state index contributed by atoms with van der Waals surface area (Å²) in [5.41, 5.74) is 0.930. The third kappa shape index (κ3) is 4.61. The Bertz CT molecular complexity index is 778. The van der Waals surface area contributed by atoms with Gasteiger partial charge in [0.25, 0.3) is 0 Å². The monoisotopic (exact) mass is 373 g/mol. The molecule has 120 valence electrons. The minimum atomic E-state index is -0.557. The Morgan fingerprint density at radius 2 is 1.91 bits per heavy atom. The molecular formula is C16H11Cl3FNO2. The van der Waals surface area contributed by atoms with Gasteiger partial charge in [0.15, 0.2) is 0 Å². The highest BCUT2D eigenvalue weighted by atomic mass is 35.5. The van der Waals surface area contributed by atoms with Crippen LogP contribution < -0.4 is 10.1 Å². The number of anilines is 1. The number of rotatable bonds is 4. The standard InChI is InChI=1S/C16H11Cl3FNO2/c1-23-16-9(6-10(17)7-13(16)19)2-5-15(22)21-11-3-4-14(20)12(18)8-11/h2-8H,1H3,(H,21,22). The SMILES string of the molecule is COc1c(Cl)cc(Cl)cc1C=CC(=O)Nc1ccc(F)c(Cl)c1. The number of ether oxygens (including phenoxy) is 1. The Morgan fingerprint density at radius 1 is 1.17 bits per heavy atom. The van der Waals surface area contributed by atoms with Crippen molar-refractivity contribution in [2.75, 3.05) is 12.4 Å². The fraction of sp³-hybridized carbons (Fsp3) is 0.0625. The molecule has 23 heavy (non-hydrogen) atoms. The van der Waals surface area contributed by atoms with Crippen LogP contribution in [0.5, 0.6) is 5.75 Å². The number of benzene rings is 2. The van der Waals surface area contributed by atoms with Gasteiger partial charge in [-0.1, -0.05) is 34.8 Å². The van der Waals surface area contributed by atoms with E-state index in [0.717, 1.165) is 0 Å². The number of amides is 1. The van der Waals surface area contributed by atoms with Crippen molar-refractivity contribution >= 4 is 52.5 Å². The van der Waals surface area contributed by atoms with Crippen LogP contribution in [0, 0.1) is 5.82 Å². The molecule has 0 unspecified atom stereocenters. The van der Waals surface area contributed by atoms with E-state index in [2.05, 4.69) is 5.32 Å². The van der Waals surface area contributed by atoms with Crippen LogP contribution in [0.2, 0.25) is 15.1 Å². The highest BCUT2D eigenvalue weighted by Crippen LogP contribution is 2.33. The molecule has 0 aliphatic heterocycles. The van der Waals surface area contributed by atoms with Crippen LogP contribution in [0.3, 0.4) is 0 Å². The third-order valence-electron chi connectivity index (χ3n) is 2.84. The zero-order valence-electron chi connectivity index (χ0n) is 11.9. The topological polar surface area (TPSA) is 38.3 Å². The number of carbonyl (C=O) groups is 1. The van der Waals surface area contributed by atoms with Crippen LogP contribution in [-0.4, -0.2) is 13.0 Å². The van der Waals surface area contributed by atoms with Crippen molar-refractivity contribution in [2.24, 2.45) is 0 Å². The van der Waals surface area contributed by atoms with Gasteiger partial charge < -0.3 is 10.1 Å². The van der Waals surface area contributed by atoms with Crippen molar-refractivity contribution in [1.29, 1.82) is 0 Å². The largest absolute Gasteiger partial charge is 0.495 e. The van der Waals surface area contributed by atoms with Crippen LogP contribution in [0.1, 0.15) is 5.56 Å². The maximum atomic E-state index is 13.1. The van der Waals surface area contributed by atoms with Gasteiger partial charge in [0.1, 0.15) is 11.6 Å². The summed E-state index contributed by atoms with van der Waals surface area (Å²) in [5, 5.41) is 3.25. The average molecular weight is 375 g/mol. The number of hydrogen-bond acceptors (Lipinski definition) is 2. The summed E-state index contributed by atoms with van der Waals surface area (Å²) in [5.74, 6) is -0.575. The first kappa shape index (κ1) is 17.6. The molecule has 1 amide bonds. The predicted octanol–water partition coefficient (Wildman–Crippen LogP) is 5.45. The quantitative estimate of drug-likeness (QED) is 0.723. The summed E-state index contributed by atoms with van der Waals surface area (Å²) in [6.07, 6.45) is 2.79. The van der Waals surface area contributed by atoms with Crippen molar-refractivity contribution < 1.29 is 13.9 Å². The molecule has 2 rings (SSSR count). The molecule has 3 nitrogen and oxygen atoms in total. The summed E-state index contributed by atoms with van der Waals surface area (Å²) >= 11 is 17.6. The Balaban J connectivity index is 2.16. The van der Waals surface area contributed by atoms with Crippen molar-refractivity contribution in [2.45, 2.75) is 0 Å². The Labute approximate surface area is 147 Å². The van der Waals surface area contributed by atoms with E-state index in [-0.39, 0.29) is 5.02 Å². The van der Waals surface area contributed by atoms with Crippen LogP contribution >= 0.6 is 34.8 Å². The molecule has 0 aliphatic carbocycles. The molecule has 0 bridgehead atoms. The normalized spacial score (nSPS) is 10.8. The Morgan fingerprint density at radius 3 is 2.57 bits per heavy atom. The molecule has 0 saturated carbocycles. The number of methoxy groups -OCH3 is 1. The molecule has 1 N–H and O–H groups in total. The second-order valence-electron chi connectivity index (χ2n) is 4.46. The molecule has 0 atom stereocenters. The first-order valence-corrected chi connectivity index (χ1v) is 7.51. The second kappa shape index (κ2) is 7.68. The summed E-state index contributed by atoms with van der Waals surface area (Å²) in [6, 6.07) is 7.05. The van der Waals surface area contributed by atoms with E-state index >= 15 is 0 Å². The zero-order chi connectivity index (χ0) is 17.0. The fourth-order valence-corrected chi connectivity index (χ4v) is 2.61. The van der Waals surface area contributed by atoms with Gasteiger partial charge in [-0.05, 0) is 36.4 Å². The number of nitrogens with one attached hydrogen (secondary N) is 1. The molecular weight excluding hydrogens is 364 g/mol. The lowest BCUT2D eigenvalue weighted by molar-refractivity contribution is -0.111. The maximum Gasteiger partial charge on any atom is 0.248 e. The van der Waals surface area contributed by atoms with Gasteiger partial charge in [0.05, 0.1) is 17.2 Å². The summed E-state index contributed by atoms with van der Waals surface area (Å²) < 4.78 is 18.2. The molecule has 2 aromatic carbocycles. The van der Waals surface area contributed by atoms with Crippen LogP contribution in [0.4, 0.5) is 10.1 Å². The predicted molar refractivity (Wildman–Crippen MR) is 92.1 cm³/mol. The van der Waals surface area contributed by atoms with Crippen molar-refractivity contribution in [3.05, 3.63) is 62.9 Å². The van der Waals surface area contributed by atoms with E-state index in [0.29, 0.717) is 27.0 Å². The van der Waals surface area contributed by atoms with E-state index < -0.39 is 11.7 Å². The minimum absolute atomic E-state index is 0.0740. The molecule has 0 heterocycles. The molecule has 0 saturated heterocycles. The van der Waals surface area contributed by atoms with Crippen LogP contribution in [0.25, 0.3) is 6.08 Å². The molecule has 0 aliphatic rings.